The van der Waals surface area contributed by atoms with Crippen LogP contribution in [0.3, 0.4) is 0 Å². The lowest BCUT2D eigenvalue weighted by Gasteiger charge is -2.25. The van der Waals surface area contributed by atoms with Gasteiger partial charge in [0.1, 0.15) is 0 Å². The molecule has 0 bridgehead atoms. The minimum absolute atomic E-state index is 0.0324. The molecular weight excluding hydrogens is 256 g/mol. The van der Waals surface area contributed by atoms with Crippen LogP contribution in [-0.2, 0) is 16.0 Å². The van der Waals surface area contributed by atoms with Crippen LogP contribution < -0.4 is 0 Å². The highest BCUT2D eigenvalue weighted by molar-refractivity contribution is 5.98. The molecule has 0 spiro atoms. The highest BCUT2D eigenvalue weighted by Gasteiger charge is 2.45. The van der Waals surface area contributed by atoms with E-state index in [1.54, 1.807) is 24.3 Å². The van der Waals surface area contributed by atoms with E-state index in [4.69, 9.17) is 0 Å². The molecule has 0 saturated heterocycles. The van der Waals surface area contributed by atoms with Crippen molar-refractivity contribution in [2.24, 2.45) is 5.41 Å². The van der Waals surface area contributed by atoms with Gasteiger partial charge in [0, 0.05) is 0 Å². The zero-order valence-electron chi connectivity index (χ0n) is 11.8. The quantitative estimate of drug-likeness (QED) is 0.536. The summed E-state index contributed by atoms with van der Waals surface area (Å²) in [5, 5.41) is 18.9. The topological polar surface area (TPSA) is 74.6 Å². The Labute approximate surface area is 119 Å². The van der Waals surface area contributed by atoms with Crippen molar-refractivity contribution in [3.05, 3.63) is 35.9 Å². The summed E-state index contributed by atoms with van der Waals surface area (Å²) in [7, 11) is 0. The van der Waals surface area contributed by atoms with Gasteiger partial charge in [0.2, 0.25) is 0 Å². The van der Waals surface area contributed by atoms with Crippen LogP contribution in [0.4, 0.5) is 0 Å². The maximum Gasteiger partial charge on any atom is 0.321 e. The van der Waals surface area contributed by atoms with Crippen molar-refractivity contribution in [2.75, 3.05) is 0 Å². The van der Waals surface area contributed by atoms with E-state index in [1.165, 1.54) is 0 Å². The molecule has 0 amide bonds. The van der Waals surface area contributed by atoms with Crippen molar-refractivity contribution >= 4 is 11.9 Å². The van der Waals surface area contributed by atoms with E-state index in [1.807, 2.05) is 6.07 Å². The van der Waals surface area contributed by atoms with Gasteiger partial charge < -0.3 is 10.2 Å². The molecule has 1 aromatic carbocycles. The molecule has 0 radical (unpaired) electrons. The molecule has 0 unspecified atom stereocenters. The lowest BCUT2D eigenvalue weighted by molar-refractivity contribution is -0.165. The van der Waals surface area contributed by atoms with Crippen molar-refractivity contribution in [1.29, 1.82) is 0 Å². The highest BCUT2D eigenvalue weighted by atomic mass is 16.4. The maximum absolute atomic E-state index is 11.6. The molecule has 110 valence electrons. The summed E-state index contributed by atoms with van der Waals surface area (Å²) in [6.07, 6.45) is 3.73. The van der Waals surface area contributed by atoms with Gasteiger partial charge in [0.25, 0.3) is 0 Å². The average Bonchev–Trinajstić information content (AvgIpc) is 2.42. The molecule has 0 saturated carbocycles. The summed E-state index contributed by atoms with van der Waals surface area (Å²) in [6.45, 7) is 2.06. The first-order valence-electron chi connectivity index (χ1n) is 7.03. The van der Waals surface area contributed by atoms with Gasteiger partial charge in [-0.1, -0.05) is 62.9 Å². The molecule has 20 heavy (non-hydrogen) atoms. The van der Waals surface area contributed by atoms with E-state index in [-0.39, 0.29) is 12.8 Å². The lowest BCUT2D eigenvalue weighted by atomic mass is 9.77. The molecule has 0 aromatic heterocycles. The monoisotopic (exact) mass is 278 g/mol. The number of aliphatic carboxylic acids is 2. The predicted molar refractivity (Wildman–Crippen MR) is 76.6 cm³/mol. The molecule has 1 aromatic rings. The number of carboxylic acid groups (broad SMARTS) is 2. The molecule has 4 heteroatoms. The Bertz CT molecular complexity index is 425. The van der Waals surface area contributed by atoms with Crippen LogP contribution in [0.5, 0.6) is 0 Å². The second kappa shape index (κ2) is 7.68. The average molecular weight is 278 g/mol. The molecule has 0 heterocycles. The minimum Gasteiger partial charge on any atom is -0.480 e. The van der Waals surface area contributed by atoms with Gasteiger partial charge in [0.05, 0.1) is 0 Å². The summed E-state index contributed by atoms with van der Waals surface area (Å²) >= 11 is 0. The van der Waals surface area contributed by atoms with Crippen LogP contribution in [0.15, 0.2) is 30.3 Å². The van der Waals surface area contributed by atoms with E-state index in [9.17, 15) is 19.8 Å². The molecule has 0 aliphatic rings. The third kappa shape index (κ3) is 4.08. The first kappa shape index (κ1) is 16.2. The van der Waals surface area contributed by atoms with Crippen molar-refractivity contribution in [2.45, 2.75) is 45.4 Å². The van der Waals surface area contributed by atoms with Gasteiger partial charge >= 0.3 is 11.9 Å². The van der Waals surface area contributed by atoms with Crippen LogP contribution >= 0.6 is 0 Å². The SMILES string of the molecule is CCCCCCC(Cc1ccccc1)(C(=O)O)C(=O)O. The summed E-state index contributed by atoms with van der Waals surface area (Å²) in [5.41, 5.74) is -0.970. The first-order valence-corrected chi connectivity index (χ1v) is 7.03. The lowest BCUT2D eigenvalue weighted by Crippen LogP contribution is -2.41. The van der Waals surface area contributed by atoms with Gasteiger partial charge in [0.15, 0.2) is 5.41 Å². The zero-order valence-corrected chi connectivity index (χ0v) is 11.8. The van der Waals surface area contributed by atoms with Gasteiger partial charge in [-0.25, -0.2) is 0 Å². The maximum atomic E-state index is 11.6. The summed E-state index contributed by atoms with van der Waals surface area (Å²) in [4.78, 5) is 23.1. The van der Waals surface area contributed by atoms with Gasteiger partial charge in [-0.05, 0) is 18.4 Å². The van der Waals surface area contributed by atoms with Gasteiger partial charge in [-0.2, -0.15) is 0 Å². The van der Waals surface area contributed by atoms with E-state index >= 15 is 0 Å². The second-order valence-electron chi connectivity index (χ2n) is 5.17. The third-order valence-corrected chi connectivity index (χ3v) is 3.62. The minimum atomic E-state index is -1.71. The Morgan fingerprint density at radius 1 is 1.00 bits per heavy atom. The Morgan fingerprint density at radius 2 is 1.60 bits per heavy atom. The van der Waals surface area contributed by atoms with Crippen LogP contribution in [0.2, 0.25) is 0 Å². The molecule has 0 aliphatic heterocycles. The predicted octanol–water partition coefficient (Wildman–Crippen LogP) is 3.36. The van der Waals surface area contributed by atoms with E-state index in [2.05, 4.69) is 6.92 Å². The first-order chi connectivity index (χ1) is 9.53. The fraction of sp³-hybridized carbons (Fsp3) is 0.500. The van der Waals surface area contributed by atoms with Crippen molar-refractivity contribution < 1.29 is 19.8 Å². The molecule has 4 nitrogen and oxygen atoms in total. The zero-order chi connectivity index (χ0) is 15.0. The Hall–Kier alpha value is -1.84. The van der Waals surface area contributed by atoms with Crippen molar-refractivity contribution in [1.82, 2.24) is 0 Å². The smallest absolute Gasteiger partial charge is 0.321 e. The highest BCUT2D eigenvalue weighted by Crippen LogP contribution is 2.31. The number of rotatable bonds is 9. The van der Waals surface area contributed by atoms with E-state index in [0.717, 1.165) is 24.8 Å². The summed E-state index contributed by atoms with van der Waals surface area (Å²) in [6, 6.07) is 8.95. The Kier molecular flexibility index (Phi) is 6.22. The number of hydrogen-bond acceptors (Lipinski definition) is 2. The van der Waals surface area contributed by atoms with Gasteiger partial charge in [-0.15, -0.1) is 0 Å². The molecule has 0 aliphatic carbocycles. The number of benzene rings is 1. The third-order valence-electron chi connectivity index (χ3n) is 3.62. The molecule has 2 N–H and O–H groups in total. The van der Waals surface area contributed by atoms with Crippen LogP contribution in [0, 0.1) is 5.41 Å². The number of carboxylic acids is 2. The fourth-order valence-electron chi connectivity index (χ4n) is 2.34. The molecule has 1 rings (SSSR count). The molecular formula is C16H22O4. The van der Waals surface area contributed by atoms with Crippen molar-refractivity contribution in [3.8, 4) is 0 Å². The van der Waals surface area contributed by atoms with E-state index in [0.29, 0.717) is 6.42 Å². The summed E-state index contributed by atoms with van der Waals surface area (Å²) < 4.78 is 0. The second-order valence-corrected chi connectivity index (χ2v) is 5.17. The Morgan fingerprint density at radius 3 is 2.10 bits per heavy atom. The number of hydrogen-bond donors (Lipinski definition) is 2. The number of unbranched alkanes of at least 4 members (excludes halogenated alkanes) is 3. The van der Waals surface area contributed by atoms with Crippen LogP contribution in [-0.4, -0.2) is 22.2 Å². The normalized spacial score (nSPS) is 11.2. The fourth-order valence-corrected chi connectivity index (χ4v) is 2.34. The van der Waals surface area contributed by atoms with Gasteiger partial charge in [-0.3, -0.25) is 9.59 Å². The van der Waals surface area contributed by atoms with Crippen molar-refractivity contribution in [3.63, 3.8) is 0 Å². The number of carbonyl (C=O) groups is 2. The van der Waals surface area contributed by atoms with E-state index < -0.39 is 17.4 Å². The van der Waals surface area contributed by atoms with Crippen LogP contribution in [0.1, 0.15) is 44.6 Å². The Balaban J connectivity index is 2.88. The molecule has 0 fully saturated rings. The largest absolute Gasteiger partial charge is 0.480 e. The van der Waals surface area contributed by atoms with Crippen LogP contribution in [0.25, 0.3) is 0 Å². The summed E-state index contributed by atoms with van der Waals surface area (Å²) in [5.74, 6) is -2.49. The molecule has 0 atom stereocenters. The standard InChI is InChI=1S/C16H22O4/c1-2-3-4-8-11-16(14(17)18,15(19)20)12-13-9-6-5-7-10-13/h5-7,9-10H,2-4,8,11-12H2,1H3,(H,17,18)(H,19,20).